The molecule has 586 valence electrons. The summed E-state index contributed by atoms with van der Waals surface area (Å²) in [5.41, 5.74) is 10.0. The highest BCUT2D eigenvalue weighted by atomic mass is 127. The summed E-state index contributed by atoms with van der Waals surface area (Å²) < 4.78 is 74.4. The van der Waals surface area contributed by atoms with Gasteiger partial charge in [-0.1, -0.05) is 69.0 Å². The molecule has 39 heteroatoms. The number of fused-ring (bicyclic) bond motifs is 3. The molecule has 3 fully saturated rings. The lowest BCUT2D eigenvalue weighted by Gasteiger charge is -2.34. The number of nitrogens with zero attached hydrogens (tertiary/aromatic N) is 14. The van der Waals surface area contributed by atoms with E-state index in [2.05, 4.69) is 84.5 Å². The number of nitro benzene ring substituents is 2. The molecule has 16 rings (SSSR count). The van der Waals surface area contributed by atoms with Gasteiger partial charge in [-0.3, -0.25) is 25.2 Å². The molecule has 0 radical (unpaired) electrons. The van der Waals surface area contributed by atoms with Gasteiger partial charge in [-0.2, -0.15) is 0 Å². The molecule has 29 nitrogen and oxygen atoms in total. The molecule has 3 aliphatic heterocycles. The SMILES string of the molecule is CN1CCN(c2ccc3[nH]c(=O)n(-c4ccc(F)cn4)c3c2)CC1.CN1CCNCC1.Nc1ccc(F)cn1.O=[N+]([O-])c1ccc(Cl)cc1Cl.O=[N+]([O-])c1ccc(Cl)cc1Nc1ccc(F)cn1.O=c1[nH]c2ccc(Cl)cc2n1-c1ccc(F)cn1.O=c1[nH]c2ccc(N3CCNCC3)cc2n1-c1ccc(F)c[n+]1[O-].[2H]CI. The summed E-state index contributed by atoms with van der Waals surface area (Å²) in [5.74, 6) is -0.936. The van der Waals surface area contributed by atoms with E-state index in [0.29, 0.717) is 70.0 Å². The van der Waals surface area contributed by atoms with Gasteiger partial charge in [-0.15, -0.1) is 4.57 Å². The zero-order valence-electron chi connectivity index (χ0n) is 60.4. The van der Waals surface area contributed by atoms with Gasteiger partial charge >= 0.3 is 17.1 Å². The van der Waals surface area contributed by atoms with E-state index in [4.69, 9.17) is 53.5 Å². The van der Waals surface area contributed by atoms with Crippen LogP contribution in [0.5, 0.6) is 0 Å². The second-order valence-corrected chi connectivity index (χ2v) is 26.0. The van der Waals surface area contributed by atoms with Crippen molar-refractivity contribution in [1.29, 1.82) is 0 Å². The Balaban J connectivity index is 0.000000156. The summed E-state index contributed by atoms with van der Waals surface area (Å²) >= 11 is 24.6. The van der Waals surface area contributed by atoms with Crippen LogP contribution in [0.25, 0.3) is 50.6 Å². The zero-order valence-corrected chi connectivity index (χ0v) is 64.6. The van der Waals surface area contributed by atoms with Crippen LogP contribution in [-0.4, -0.2) is 166 Å². The molecule has 0 bridgehead atoms. The zero-order chi connectivity index (χ0) is 81.4. The fraction of sp³-hybridized carbons (Fsp3) is 0.205. The molecule has 8 aromatic heterocycles. The number of benzene rings is 5. The number of nitro groups is 2. The number of anilines is 5. The van der Waals surface area contributed by atoms with Gasteiger partial charge in [0.2, 0.25) is 0 Å². The van der Waals surface area contributed by atoms with Crippen molar-refractivity contribution in [2.75, 3.05) is 118 Å². The van der Waals surface area contributed by atoms with Crippen LogP contribution in [0.3, 0.4) is 0 Å². The quantitative estimate of drug-likeness (QED) is 0.0134. The number of alkyl halides is 1. The Bertz CT molecular complexity index is 5520. The number of piperazine rings is 3. The average Bonchev–Trinajstić information content (AvgIpc) is 1.65. The van der Waals surface area contributed by atoms with Crippen molar-refractivity contribution in [2.24, 2.45) is 0 Å². The number of hydrogen-bond acceptors (Lipinski definition) is 20. The van der Waals surface area contributed by atoms with Crippen LogP contribution in [0.2, 0.25) is 20.1 Å². The summed E-state index contributed by atoms with van der Waals surface area (Å²) in [4.78, 5) is 89.4. The average molecular weight is 1740 g/mol. The van der Waals surface area contributed by atoms with E-state index in [1.165, 1.54) is 118 Å². The van der Waals surface area contributed by atoms with Crippen molar-refractivity contribution < 1.29 is 37.9 Å². The number of halogens is 10. The summed E-state index contributed by atoms with van der Waals surface area (Å²) in [5, 5.41) is 43.6. The van der Waals surface area contributed by atoms with Gasteiger partial charge in [0.15, 0.2) is 11.3 Å². The Hall–Kier alpha value is -11.2. The van der Waals surface area contributed by atoms with Crippen LogP contribution in [0.15, 0.2) is 197 Å². The number of imidazole rings is 3. The third kappa shape index (κ3) is 23.5. The highest BCUT2D eigenvalue weighted by Crippen LogP contribution is 2.31. The van der Waals surface area contributed by atoms with Crippen LogP contribution in [0.1, 0.15) is 1.37 Å². The summed E-state index contributed by atoms with van der Waals surface area (Å²) in [6.07, 6.45) is 5.07. The molecule has 0 aliphatic carbocycles. The Labute approximate surface area is 669 Å². The fourth-order valence-electron chi connectivity index (χ4n) is 11.1. The molecule has 3 saturated heterocycles. The minimum Gasteiger partial charge on any atom is -0.710 e. The number of nitrogens with two attached hydrogens (primary N) is 1. The maximum atomic E-state index is 13.2. The molecule has 11 heterocycles. The van der Waals surface area contributed by atoms with Crippen molar-refractivity contribution in [3.63, 3.8) is 0 Å². The lowest BCUT2D eigenvalue weighted by atomic mass is 10.2. The number of likely N-dealkylation sites (N-methyl/N-ethyl adjacent to an activating group) is 2. The number of nitrogen functional groups attached to an aromatic ring is 1. The lowest BCUT2D eigenvalue weighted by Crippen LogP contribution is -2.44. The minimum atomic E-state index is -0.650. The normalized spacial score (nSPS) is 13.4. The first-order chi connectivity index (χ1) is 54.2. The number of pyridine rings is 5. The fourth-order valence-corrected chi connectivity index (χ4v) is 11.9. The predicted molar refractivity (Wildman–Crippen MR) is 434 cm³/mol. The van der Waals surface area contributed by atoms with Crippen molar-refractivity contribution >= 4 is 142 Å². The number of nitrogens with one attached hydrogen (secondary N) is 6. The maximum absolute atomic E-state index is 13.2. The summed E-state index contributed by atoms with van der Waals surface area (Å²) in [7, 11) is 4.27. The molecule has 13 aromatic rings. The van der Waals surface area contributed by atoms with Crippen molar-refractivity contribution in [2.45, 2.75) is 0 Å². The van der Waals surface area contributed by atoms with E-state index >= 15 is 0 Å². The number of aromatic nitrogens is 11. The molecule has 112 heavy (non-hydrogen) atoms. The van der Waals surface area contributed by atoms with E-state index in [-0.39, 0.29) is 45.1 Å². The largest absolute Gasteiger partial charge is 0.710 e. The molecular formula is C73H71Cl4F5IN21O8. The van der Waals surface area contributed by atoms with E-state index < -0.39 is 38.8 Å². The number of rotatable bonds is 9. The van der Waals surface area contributed by atoms with Crippen LogP contribution in [-0.2, 0) is 0 Å². The van der Waals surface area contributed by atoms with Crippen LogP contribution < -0.4 is 53.3 Å². The van der Waals surface area contributed by atoms with Gasteiger partial charge in [0, 0.05) is 131 Å². The van der Waals surface area contributed by atoms with Crippen molar-refractivity contribution in [3.05, 3.63) is 289 Å². The monoisotopic (exact) mass is 1730 g/mol. The first kappa shape index (κ1) is 83.3. The Morgan fingerprint density at radius 2 is 0.920 bits per heavy atom. The van der Waals surface area contributed by atoms with E-state index in [1.807, 2.05) is 59.0 Å². The molecule has 0 saturated carbocycles. The topological polar surface area (TPSA) is 353 Å². The molecule has 3 aliphatic rings. The van der Waals surface area contributed by atoms with Crippen molar-refractivity contribution in [1.82, 2.24) is 69.0 Å². The predicted octanol–water partition coefficient (Wildman–Crippen LogP) is 12.4. The number of hydrogen-bond donors (Lipinski definition) is 7. The van der Waals surface area contributed by atoms with E-state index in [1.54, 1.807) is 18.2 Å². The van der Waals surface area contributed by atoms with Gasteiger partial charge in [0.25, 0.3) is 17.2 Å². The first-order valence-electron chi connectivity index (χ1n) is 34.3. The molecule has 0 atom stereocenters. The third-order valence-electron chi connectivity index (χ3n) is 16.6. The third-order valence-corrected chi connectivity index (χ3v) is 17.6. The summed E-state index contributed by atoms with van der Waals surface area (Å²) in [6, 6.07) is 38.0. The molecule has 0 spiro atoms. The van der Waals surface area contributed by atoms with Gasteiger partial charge in [0.1, 0.15) is 63.4 Å². The van der Waals surface area contributed by atoms with Gasteiger partial charge in [-0.05, 0) is 146 Å². The molecule has 0 amide bonds. The second kappa shape index (κ2) is 40.7. The smallest absolute Gasteiger partial charge is 0.418 e. The van der Waals surface area contributed by atoms with E-state index in [0.717, 1.165) is 125 Å². The first-order valence-corrected chi connectivity index (χ1v) is 36.7. The molecular weight excluding hydrogens is 1660 g/mol. The van der Waals surface area contributed by atoms with E-state index in [9.17, 15) is 61.8 Å². The Morgan fingerprint density at radius 1 is 0.500 bits per heavy atom. The molecule has 8 N–H and O–H groups in total. The minimum absolute atomic E-state index is 0.0579. The highest BCUT2D eigenvalue weighted by Gasteiger charge is 2.23. The van der Waals surface area contributed by atoms with Crippen molar-refractivity contribution in [3.8, 4) is 17.5 Å². The lowest BCUT2D eigenvalue weighted by molar-refractivity contribution is -0.601. The van der Waals surface area contributed by atoms with Crippen LogP contribution in [0, 0.1) is 54.5 Å². The van der Waals surface area contributed by atoms with Gasteiger partial charge in [-0.25, -0.2) is 70.1 Å². The standard InChI is InChI=1S/C17H18FN5O.C16H16FN5O2.C12H7ClFN3O.C11H7ClFN3O2.C6H3Cl2NO2.C5H5FN2.C5H12N2.CH3I/c1-21-6-8-22(9-7-21)13-3-4-14-15(10-13)23(17(24)20-14)16-5-2-12(18)11-19-16;17-11-1-4-15(21(24)10-11)22-14-9-12(20-7-5-18-6-8-20)2-3-13(14)19-16(22)23;13-7-1-3-9-10(5-7)17(12(18)16-9)11-4-2-8(14)6-15-11;12-7-1-3-10(16(17)18)9(5-7)15-11-4-2-8(13)6-14-11;7-4-1-2-6(9(10)11)5(8)3-4;6-4-1-2-5(7)8-3-4;1-7-4-2-6-3-5-7;1-2/h2-5,10-11H,6-9H2,1H3,(H,20,24);1-4,9-10,18H,5-8H2,(H,19,23);1-6H,(H,16,18);1-6H,(H,14,15);1-3H;1-3H,(H2,7,8);6H,2-5H2,1H3;1H3/i;;;;;;;1D. The van der Waals surface area contributed by atoms with Gasteiger partial charge in [0.05, 0.1) is 62.2 Å². The number of H-pyrrole nitrogens is 3. The highest BCUT2D eigenvalue weighted by molar-refractivity contribution is 14.1. The number of aromatic amines is 3. The summed E-state index contributed by atoms with van der Waals surface area (Å²) in [6.45, 7) is 12.2. The maximum Gasteiger partial charge on any atom is 0.418 e. The second-order valence-electron chi connectivity index (χ2n) is 24.3. The van der Waals surface area contributed by atoms with Gasteiger partial charge < -0.3 is 56.5 Å². The van der Waals surface area contributed by atoms with Crippen LogP contribution >= 0.6 is 69.0 Å². The Kier molecular flexibility index (Phi) is 30.3. The Morgan fingerprint density at radius 3 is 1.38 bits per heavy atom. The molecule has 5 aromatic carbocycles. The van der Waals surface area contributed by atoms with Crippen LogP contribution in [0.4, 0.5) is 62.0 Å². The molecule has 0 unspecified atom stereocenters.